The van der Waals surface area contributed by atoms with E-state index in [2.05, 4.69) is 10.6 Å². The molecule has 0 aromatic carbocycles. The maximum Gasteiger partial charge on any atom is 0.239 e. The molecular weight excluding hydrogens is 302 g/mol. The van der Waals surface area contributed by atoms with E-state index in [0.29, 0.717) is 5.92 Å². The zero-order valence-electron chi connectivity index (χ0n) is 13.9. The van der Waals surface area contributed by atoms with Crippen LogP contribution in [0.4, 0.5) is 0 Å². The van der Waals surface area contributed by atoms with Gasteiger partial charge in [-0.3, -0.25) is 9.59 Å². The van der Waals surface area contributed by atoms with Gasteiger partial charge in [0.05, 0.1) is 12.6 Å². The van der Waals surface area contributed by atoms with Gasteiger partial charge in [0.1, 0.15) is 0 Å². The fourth-order valence-electron chi connectivity index (χ4n) is 2.65. The molecule has 0 aromatic heterocycles. The van der Waals surface area contributed by atoms with Crippen LogP contribution < -0.4 is 16.4 Å². The highest BCUT2D eigenvalue weighted by Gasteiger charge is 2.18. The Morgan fingerprint density at radius 3 is 2.14 bits per heavy atom. The maximum atomic E-state index is 11.8. The van der Waals surface area contributed by atoms with E-state index < -0.39 is 6.04 Å². The first kappa shape index (κ1) is 21.2. The standard InChI is InChI=1S/C16H31N3O2.ClH/c1-12(2)15(17)16(21)19-11-14(20)18-10-13-8-6-4-3-5-7-9-13;/h12-13,15H,3-11,17H2,1-2H3,(H,18,20)(H,19,21);1H/t15-;/m0./s1. The van der Waals surface area contributed by atoms with Crippen molar-refractivity contribution >= 4 is 24.2 Å². The van der Waals surface area contributed by atoms with Gasteiger partial charge in [-0.15, -0.1) is 12.4 Å². The van der Waals surface area contributed by atoms with Crippen molar-refractivity contribution in [2.75, 3.05) is 13.1 Å². The summed E-state index contributed by atoms with van der Waals surface area (Å²) in [6, 6.07) is -0.552. The zero-order valence-corrected chi connectivity index (χ0v) is 14.7. The highest BCUT2D eigenvalue weighted by Crippen LogP contribution is 2.21. The molecule has 0 radical (unpaired) electrons. The fourth-order valence-corrected chi connectivity index (χ4v) is 2.65. The Balaban J connectivity index is 0.00000441. The minimum atomic E-state index is -0.552. The van der Waals surface area contributed by atoms with Crippen LogP contribution >= 0.6 is 12.4 Å². The van der Waals surface area contributed by atoms with Crippen molar-refractivity contribution in [3.63, 3.8) is 0 Å². The molecule has 0 aromatic rings. The topological polar surface area (TPSA) is 84.2 Å². The number of carbonyl (C=O) groups excluding carboxylic acids is 2. The molecule has 1 aliphatic rings. The Bertz CT molecular complexity index is 329. The van der Waals surface area contributed by atoms with E-state index >= 15 is 0 Å². The minimum absolute atomic E-state index is 0. The second kappa shape index (κ2) is 11.7. The molecule has 6 heteroatoms. The van der Waals surface area contributed by atoms with Crippen LogP contribution in [0.3, 0.4) is 0 Å². The van der Waals surface area contributed by atoms with Gasteiger partial charge in [0, 0.05) is 6.54 Å². The smallest absolute Gasteiger partial charge is 0.239 e. The lowest BCUT2D eigenvalue weighted by Gasteiger charge is -2.20. The molecule has 130 valence electrons. The average molecular weight is 334 g/mol. The maximum absolute atomic E-state index is 11.8. The van der Waals surface area contributed by atoms with E-state index in [0.717, 1.165) is 6.54 Å². The van der Waals surface area contributed by atoms with E-state index in [1.165, 1.54) is 44.9 Å². The highest BCUT2D eigenvalue weighted by molar-refractivity contribution is 5.87. The molecule has 2 amide bonds. The molecule has 5 nitrogen and oxygen atoms in total. The van der Waals surface area contributed by atoms with E-state index in [9.17, 15) is 9.59 Å². The summed E-state index contributed by atoms with van der Waals surface area (Å²) in [5, 5.41) is 5.53. The van der Waals surface area contributed by atoms with Crippen molar-refractivity contribution in [3.8, 4) is 0 Å². The van der Waals surface area contributed by atoms with E-state index in [4.69, 9.17) is 5.73 Å². The van der Waals surface area contributed by atoms with Crippen molar-refractivity contribution in [1.29, 1.82) is 0 Å². The summed E-state index contributed by atoms with van der Waals surface area (Å²) in [4.78, 5) is 23.4. The van der Waals surface area contributed by atoms with Crippen LogP contribution in [0.5, 0.6) is 0 Å². The van der Waals surface area contributed by atoms with Crippen LogP contribution in [-0.2, 0) is 9.59 Å². The molecule has 1 saturated carbocycles. The molecule has 1 aliphatic carbocycles. The number of hydrogen-bond donors (Lipinski definition) is 3. The van der Waals surface area contributed by atoms with Crippen LogP contribution in [0.25, 0.3) is 0 Å². The molecule has 0 saturated heterocycles. The second-order valence-electron chi connectivity index (χ2n) is 6.50. The zero-order chi connectivity index (χ0) is 15.7. The summed E-state index contributed by atoms with van der Waals surface area (Å²) >= 11 is 0. The molecule has 0 unspecified atom stereocenters. The van der Waals surface area contributed by atoms with Crippen LogP contribution in [0, 0.1) is 11.8 Å². The van der Waals surface area contributed by atoms with Gasteiger partial charge in [-0.25, -0.2) is 0 Å². The van der Waals surface area contributed by atoms with Gasteiger partial charge >= 0.3 is 0 Å². The summed E-state index contributed by atoms with van der Waals surface area (Å²) in [7, 11) is 0. The number of amides is 2. The highest BCUT2D eigenvalue weighted by atomic mass is 35.5. The molecular formula is C16H32ClN3O2. The second-order valence-corrected chi connectivity index (χ2v) is 6.50. The molecule has 0 heterocycles. The first-order chi connectivity index (χ1) is 10.0. The largest absolute Gasteiger partial charge is 0.354 e. The van der Waals surface area contributed by atoms with E-state index in [1.54, 1.807) is 0 Å². The predicted octanol–water partition coefficient (Wildman–Crippen LogP) is 1.98. The molecule has 0 bridgehead atoms. The number of nitrogens with two attached hydrogens (primary N) is 1. The van der Waals surface area contributed by atoms with Crippen molar-refractivity contribution in [3.05, 3.63) is 0 Å². The Labute approximate surface area is 140 Å². The predicted molar refractivity (Wildman–Crippen MR) is 91.9 cm³/mol. The number of nitrogens with one attached hydrogen (secondary N) is 2. The van der Waals surface area contributed by atoms with E-state index in [1.807, 2.05) is 13.8 Å². The molecule has 0 aliphatic heterocycles. The van der Waals surface area contributed by atoms with Gasteiger partial charge in [-0.2, -0.15) is 0 Å². The molecule has 1 fully saturated rings. The quantitative estimate of drug-likeness (QED) is 0.695. The van der Waals surface area contributed by atoms with Gasteiger partial charge in [-0.1, -0.05) is 46.0 Å². The van der Waals surface area contributed by atoms with Crippen LogP contribution in [0.1, 0.15) is 58.8 Å². The summed E-state index contributed by atoms with van der Waals surface area (Å²) in [6.07, 6.45) is 8.90. The van der Waals surface area contributed by atoms with E-state index in [-0.39, 0.29) is 36.7 Å². The van der Waals surface area contributed by atoms with Gasteiger partial charge < -0.3 is 16.4 Å². The number of hydrogen-bond acceptors (Lipinski definition) is 3. The third-order valence-electron chi connectivity index (χ3n) is 4.26. The Morgan fingerprint density at radius 2 is 1.59 bits per heavy atom. The van der Waals surface area contributed by atoms with Crippen molar-refractivity contribution in [2.45, 2.75) is 64.8 Å². The summed E-state index contributed by atoms with van der Waals surface area (Å²) in [5.41, 5.74) is 5.73. The van der Waals surface area contributed by atoms with Crippen LogP contribution in [-0.4, -0.2) is 30.9 Å². The lowest BCUT2D eigenvalue weighted by atomic mass is 9.91. The molecule has 22 heavy (non-hydrogen) atoms. The van der Waals surface area contributed by atoms with Crippen molar-refractivity contribution in [1.82, 2.24) is 10.6 Å². The van der Waals surface area contributed by atoms with Crippen molar-refractivity contribution in [2.24, 2.45) is 17.6 Å². The number of rotatable bonds is 6. The van der Waals surface area contributed by atoms with Crippen LogP contribution in [0.2, 0.25) is 0 Å². The molecule has 1 rings (SSSR count). The monoisotopic (exact) mass is 333 g/mol. The first-order valence-corrected chi connectivity index (χ1v) is 8.30. The Hall–Kier alpha value is -0.810. The Kier molecular flexibility index (Phi) is 11.3. The number of carbonyl (C=O) groups is 2. The van der Waals surface area contributed by atoms with Gasteiger partial charge in [0.25, 0.3) is 0 Å². The molecule has 1 atom stereocenters. The lowest BCUT2D eigenvalue weighted by molar-refractivity contribution is -0.127. The minimum Gasteiger partial charge on any atom is -0.354 e. The summed E-state index contributed by atoms with van der Waals surface area (Å²) < 4.78 is 0. The third-order valence-corrected chi connectivity index (χ3v) is 4.26. The normalized spacial score (nSPS) is 17.8. The Morgan fingerprint density at radius 1 is 1.05 bits per heavy atom. The van der Waals surface area contributed by atoms with Gasteiger partial charge in [0.15, 0.2) is 0 Å². The van der Waals surface area contributed by atoms with Crippen molar-refractivity contribution < 1.29 is 9.59 Å². The summed E-state index contributed by atoms with van der Waals surface area (Å²) in [6.45, 7) is 4.52. The fraction of sp³-hybridized carbons (Fsp3) is 0.875. The SMILES string of the molecule is CC(C)[C@H](N)C(=O)NCC(=O)NCC1CCCCCCC1.Cl. The third kappa shape index (κ3) is 8.59. The molecule has 0 spiro atoms. The first-order valence-electron chi connectivity index (χ1n) is 8.30. The average Bonchev–Trinajstić information content (AvgIpc) is 2.42. The van der Waals surface area contributed by atoms with Gasteiger partial charge in [0.2, 0.25) is 11.8 Å². The van der Waals surface area contributed by atoms with Gasteiger partial charge in [-0.05, 0) is 24.7 Å². The van der Waals surface area contributed by atoms with Crippen LogP contribution in [0.15, 0.2) is 0 Å². The lowest BCUT2D eigenvalue weighted by Crippen LogP contribution is -2.47. The summed E-state index contributed by atoms with van der Waals surface area (Å²) in [5.74, 6) is 0.276. The number of halogens is 1. The molecule has 4 N–H and O–H groups in total.